The fourth-order valence-corrected chi connectivity index (χ4v) is 3.73. The van der Waals surface area contributed by atoms with Crippen LogP contribution in [0.4, 0.5) is 0 Å². The Bertz CT molecular complexity index is 682. The Balaban J connectivity index is 1.82. The summed E-state index contributed by atoms with van der Waals surface area (Å²) < 4.78 is 11.4. The zero-order valence-corrected chi connectivity index (χ0v) is 13.4. The van der Waals surface area contributed by atoms with E-state index in [4.69, 9.17) is 0 Å². The van der Waals surface area contributed by atoms with E-state index in [1.165, 1.54) is 0 Å². The van der Waals surface area contributed by atoms with E-state index in [1.807, 2.05) is 47.5 Å². The molecule has 0 unspecified atom stereocenters. The minimum atomic E-state index is -0.901. The minimum absolute atomic E-state index is 0.0563. The molecule has 1 fully saturated rings. The average Bonchev–Trinajstić information content (AvgIpc) is 3.16. The molecule has 5 heteroatoms. The summed E-state index contributed by atoms with van der Waals surface area (Å²) in [5.74, 6) is 0.544. The Morgan fingerprint density at radius 1 is 1.36 bits per heavy atom. The largest absolute Gasteiger partial charge is 0.363 e. The highest BCUT2D eigenvalue weighted by atomic mass is 32.2. The fraction of sp³-hybridized carbons (Fsp3) is 0.353. The van der Waals surface area contributed by atoms with Gasteiger partial charge in [-0.15, -0.1) is 0 Å². The third-order valence-corrected chi connectivity index (χ3v) is 4.78. The number of nitrogens with one attached hydrogen (secondary N) is 1. The van der Waals surface area contributed by atoms with Crippen molar-refractivity contribution in [1.82, 2.24) is 9.88 Å². The number of benzene rings is 1. The van der Waals surface area contributed by atoms with Gasteiger partial charge in [0.2, 0.25) is 0 Å². The van der Waals surface area contributed by atoms with Crippen molar-refractivity contribution in [2.75, 3.05) is 12.8 Å². The van der Waals surface area contributed by atoms with Gasteiger partial charge in [0.1, 0.15) is 0 Å². The summed E-state index contributed by atoms with van der Waals surface area (Å²) in [5.41, 5.74) is 2.72. The van der Waals surface area contributed by atoms with Gasteiger partial charge < -0.3 is 9.88 Å². The smallest absolute Gasteiger partial charge is 0.254 e. The van der Waals surface area contributed by atoms with Crippen molar-refractivity contribution < 1.29 is 9.00 Å². The number of aromatic amines is 1. The first-order valence-electron chi connectivity index (χ1n) is 7.48. The van der Waals surface area contributed by atoms with Gasteiger partial charge in [-0.25, -0.2) is 0 Å². The number of rotatable bonds is 4. The molecule has 2 aromatic rings. The lowest BCUT2D eigenvalue weighted by molar-refractivity contribution is 0.0733. The van der Waals surface area contributed by atoms with Crippen LogP contribution in [-0.2, 0) is 16.6 Å². The lowest BCUT2D eigenvalue weighted by Crippen LogP contribution is -2.30. The zero-order chi connectivity index (χ0) is 15.5. The molecular weight excluding hydrogens is 296 g/mol. The highest BCUT2D eigenvalue weighted by Crippen LogP contribution is 2.32. The molecule has 1 aliphatic rings. The molecule has 1 aromatic heterocycles. The SMILES string of the molecule is C[S@@](=O)Cc1cccc(C(=O)N2CCC[C@@H]2c2ccc[nH]2)c1. The lowest BCUT2D eigenvalue weighted by Gasteiger charge is -2.24. The quantitative estimate of drug-likeness (QED) is 0.943. The molecule has 1 amide bonds. The Morgan fingerprint density at radius 2 is 2.23 bits per heavy atom. The molecule has 0 aliphatic carbocycles. The van der Waals surface area contributed by atoms with Crippen LogP contribution < -0.4 is 0 Å². The Hall–Kier alpha value is -1.88. The third kappa shape index (κ3) is 3.14. The Labute approximate surface area is 133 Å². The molecular formula is C17H20N2O2S. The van der Waals surface area contributed by atoms with E-state index in [0.717, 1.165) is 30.6 Å². The molecule has 0 bridgehead atoms. The van der Waals surface area contributed by atoms with Crippen molar-refractivity contribution >= 4 is 16.7 Å². The van der Waals surface area contributed by atoms with Gasteiger partial charge in [0, 0.05) is 46.8 Å². The van der Waals surface area contributed by atoms with Crippen LogP contribution in [0.1, 0.15) is 40.5 Å². The van der Waals surface area contributed by atoms with Crippen molar-refractivity contribution in [3.8, 4) is 0 Å². The maximum Gasteiger partial charge on any atom is 0.254 e. The number of amides is 1. The standard InChI is InChI=1S/C17H20N2O2S/c1-22(21)12-13-5-2-6-14(11-13)17(20)19-10-4-8-16(19)15-7-3-9-18-15/h2-3,5-7,9,11,16,18H,4,8,10,12H2,1H3/t16-,22-/m1/s1. The van der Waals surface area contributed by atoms with Crippen LogP contribution in [0.5, 0.6) is 0 Å². The number of hydrogen-bond donors (Lipinski definition) is 1. The molecule has 0 spiro atoms. The first-order chi connectivity index (χ1) is 10.6. The van der Waals surface area contributed by atoms with Gasteiger partial charge in [0.25, 0.3) is 5.91 Å². The summed E-state index contributed by atoms with van der Waals surface area (Å²) in [4.78, 5) is 18.0. The van der Waals surface area contributed by atoms with Gasteiger partial charge in [0.05, 0.1) is 6.04 Å². The molecule has 4 nitrogen and oxygen atoms in total. The van der Waals surface area contributed by atoms with Gasteiger partial charge in [-0.3, -0.25) is 9.00 Å². The predicted octanol–water partition coefficient (Wildman–Crippen LogP) is 2.87. The average molecular weight is 316 g/mol. The summed E-state index contributed by atoms with van der Waals surface area (Å²) >= 11 is 0. The number of nitrogens with zero attached hydrogens (tertiary/aromatic N) is 1. The summed E-state index contributed by atoms with van der Waals surface area (Å²) in [5, 5.41) is 0. The van der Waals surface area contributed by atoms with Gasteiger partial charge in [-0.2, -0.15) is 0 Å². The molecule has 3 rings (SSSR count). The molecule has 0 saturated carbocycles. The Morgan fingerprint density at radius 3 is 2.95 bits per heavy atom. The van der Waals surface area contributed by atoms with E-state index in [1.54, 1.807) is 6.26 Å². The number of aromatic nitrogens is 1. The van der Waals surface area contributed by atoms with Crippen LogP contribution in [0, 0.1) is 0 Å². The highest BCUT2D eigenvalue weighted by Gasteiger charge is 2.31. The summed E-state index contributed by atoms with van der Waals surface area (Å²) in [6, 6.07) is 11.6. The second-order valence-electron chi connectivity index (χ2n) is 5.70. The van der Waals surface area contributed by atoms with Crippen LogP contribution in [-0.4, -0.2) is 32.8 Å². The van der Waals surface area contributed by atoms with Crippen molar-refractivity contribution in [3.05, 3.63) is 59.4 Å². The topological polar surface area (TPSA) is 53.2 Å². The molecule has 116 valence electrons. The first-order valence-corrected chi connectivity index (χ1v) is 9.21. The summed E-state index contributed by atoms with van der Waals surface area (Å²) in [7, 11) is -0.901. The van der Waals surface area contributed by atoms with Crippen molar-refractivity contribution in [2.24, 2.45) is 0 Å². The summed E-state index contributed by atoms with van der Waals surface area (Å²) in [6.07, 6.45) is 5.59. The molecule has 2 heterocycles. The molecule has 22 heavy (non-hydrogen) atoms. The molecule has 1 N–H and O–H groups in total. The van der Waals surface area contributed by atoms with E-state index in [9.17, 15) is 9.00 Å². The number of carbonyl (C=O) groups is 1. The van der Waals surface area contributed by atoms with Crippen LogP contribution in [0.15, 0.2) is 42.6 Å². The van der Waals surface area contributed by atoms with Crippen LogP contribution >= 0.6 is 0 Å². The summed E-state index contributed by atoms with van der Waals surface area (Å²) in [6.45, 7) is 0.784. The molecule has 2 atom stereocenters. The number of carbonyl (C=O) groups excluding carboxylic acids is 1. The van der Waals surface area contributed by atoms with Crippen LogP contribution in [0.25, 0.3) is 0 Å². The molecule has 1 aromatic carbocycles. The third-order valence-electron chi connectivity index (χ3n) is 4.04. The van der Waals surface area contributed by atoms with Crippen molar-refractivity contribution in [2.45, 2.75) is 24.6 Å². The maximum atomic E-state index is 12.8. The van der Waals surface area contributed by atoms with Gasteiger partial charge in [-0.1, -0.05) is 12.1 Å². The number of H-pyrrole nitrogens is 1. The maximum absolute atomic E-state index is 12.8. The zero-order valence-electron chi connectivity index (χ0n) is 12.6. The Kier molecular flexibility index (Phi) is 4.43. The second-order valence-corrected chi connectivity index (χ2v) is 7.14. The van der Waals surface area contributed by atoms with Gasteiger partial charge in [-0.05, 0) is 42.7 Å². The fourth-order valence-electron chi connectivity index (χ4n) is 3.08. The van der Waals surface area contributed by atoms with Crippen molar-refractivity contribution in [3.63, 3.8) is 0 Å². The van der Waals surface area contributed by atoms with E-state index >= 15 is 0 Å². The lowest BCUT2D eigenvalue weighted by atomic mass is 10.1. The van der Waals surface area contributed by atoms with Gasteiger partial charge in [0.15, 0.2) is 0 Å². The number of hydrogen-bond acceptors (Lipinski definition) is 2. The predicted molar refractivity (Wildman–Crippen MR) is 88.0 cm³/mol. The van der Waals surface area contributed by atoms with Crippen LogP contribution in [0.3, 0.4) is 0 Å². The normalized spacial score (nSPS) is 19.3. The van der Waals surface area contributed by atoms with Crippen LogP contribution in [0.2, 0.25) is 0 Å². The monoisotopic (exact) mass is 316 g/mol. The van der Waals surface area contributed by atoms with E-state index in [2.05, 4.69) is 4.98 Å². The molecule has 0 radical (unpaired) electrons. The van der Waals surface area contributed by atoms with E-state index in [0.29, 0.717) is 11.3 Å². The van der Waals surface area contributed by atoms with E-state index < -0.39 is 10.8 Å². The highest BCUT2D eigenvalue weighted by molar-refractivity contribution is 7.83. The van der Waals surface area contributed by atoms with Crippen molar-refractivity contribution in [1.29, 1.82) is 0 Å². The molecule has 1 aliphatic heterocycles. The van der Waals surface area contributed by atoms with Gasteiger partial charge >= 0.3 is 0 Å². The second kappa shape index (κ2) is 6.48. The first kappa shape index (κ1) is 15.0. The minimum Gasteiger partial charge on any atom is -0.363 e. The van der Waals surface area contributed by atoms with E-state index in [-0.39, 0.29) is 11.9 Å². The molecule has 1 saturated heterocycles. The number of likely N-dealkylation sites (tertiary alicyclic amines) is 1.